The maximum absolute atomic E-state index is 12.1. The summed E-state index contributed by atoms with van der Waals surface area (Å²) >= 11 is 11.9. The van der Waals surface area contributed by atoms with Crippen molar-refractivity contribution in [1.82, 2.24) is 0 Å². The molecule has 2 aromatic rings. The van der Waals surface area contributed by atoms with Crippen molar-refractivity contribution in [2.24, 2.45) is 0 Å². The number of benzene rings is 2. The highest BCUT2D eigenvalue weighted by atomic mass is 35.5. The number of nitrogens with one attached hydrogen (secondary N) is 2. The molecule has 0 aliphatic carbocycles. The number of hydrogen-bond donors (Lipinski definition) is 2. The molecule has 0 atom stereocenters. The molecule has 5 nitrogen and oxygen atoms in total. The van der Waals surface area contributed by atoms with Gasteiger partial charge in [0, 0.05) is 16.5 Å². The van der Waals surface area contributed by atoms with Crippen LogP contribution < -0.4 is 10.0 Å². The lowest BCUT2D eigenvalue weighted by atomic mass is 10.1. The van der Waals surface area contributed by atoms with Crippen LogP contribution in [0.25, 0.3) is 0 Å². The molecule has 0 spiro atoms. The second-order valence-corrected chi connectivity index (χ2v) is 7.80. The van der Waals surface area contributed by atoms with E-state index in [1.807, 2.05) is 0 Å². The van der Waals surface area contributed by atoms with Crippen LogP contribution in [0.2, 0.25) is 10.0 Å². The van der Waals surface area contributed by atoms with Crippen molar-refractivity contribution < 1.29 is 13.2 Å². The molecule has 24 heavy (non-hydrogen) atoms. The zero-order valence-corrected chi connectivity index (χ0v) is 15.2. The Hall–Kier alpha value is -1.76. The first-order valence-electron chi connectivity index (χ1n) is 7.05. The first-order chi connectivity index (χ1) is 11.2. The van der Waals surface area contributed by atoms with Crippen molar-refractivity contribution in [2.75, 3.05) is 16.3 Å². The van der Waals surface area contributed by atoms with Crippen molar-refractivity contribution in [3.8, 4) is 0 Å². The third-order valence-electron chi connectivity index (χ3n) is 3.13. The number of para-hydroxylation sites is 2. The van der Waals surface area contributed by atoms with Gasteiger partial charge in [0.25, 0.3) is 0 Å². The van der Waals surface area contributed by atoms with E-state index < -0.39 is 10.0 Å². The van der Waals surface area contributed by atoms with Crippen LogP contribution in [0, 0.1) is 0 Å². The van der Waals surface area contributed by atoms with Gasteiger partial charge < -0.3 is 5.32 Å². The summed E-state index contributed by atoms with van der Waals surface area (Å²) in [6.45, 7) is 0. The minimum absolute atomic E-state index is 0.203. The molecular formula is C16H16Cl2N2O3S. The van der Waals surface area contributed by atoms with E-state index in [0.29, 0.717) is 27.8 Å². The second kappa shape index (κ2) is 7.88. The zero-order chi connectivity index (χ0) is 17.7. The quantitative estimate of drug-likeness (QED) is 0.789. The van der Waals surface area contributed by atoms with Gasteiger partial charge in [0.15, 0.2) is 0 Å². The number of amides is 1. The molecule has 0 aliphatic rings. The summed E-state index contributed by atoms with van der Waals surface area (Å²) in [7, 11) is -3.43. The molecule has 2 rings (SSSR count). The number of halogens is 2. The van der Waals surface area contributed by atoms with Crippen LogP contribution in [0.5, 0.6) is 0 Å². The van der Waals surface area contributed by atoms with Gasteiger partial charge in [-0.3, -0.25) is 9.52 Å². The molecule has 0 bridgehead atoms. The lowest BCUT2D eigenvalue weighted by molar-refractivity contribution is -0.116. The average Bonchev–Trinajstić information content (AvgIpc) is 2.47. The van der Waals surface area contributed by atoms with E-state index in [1.54, 1.807) is 42.5 Å². The summed E-state index contributed by atoms with van der Waals surface area (Å²) in [5.74, 6) is -0.247. The lowest BCUT2D eigenvalue weighted by Gasteiger charge is -2.12. The molecule has 0 radical (unpaired) electrons. The van der Waals surface area contributed by atoms with E-state index >= 15 is 0 Å². The minimum atomic E-state index is -3.43. The number of carbonyl (C=O) groups excluding carboxylic acids is 1. The van der Waals surface area contributed by atoms with Gasteiger partial charge in [-0.05, 0) is 36.2 Å². The van der Waals surface area contributed by atoms with E-state index in [9.17, 15) is 13.2 Å². The summed E-state index contributed by atoms with van der Waals surface area (Å²) in [5.41, 5.74) is 1.53. The Morgan fingerprint density at radius 1 is 1.08 bits per heavy atom. The standard InChI is InChI=1S/C16H16Cl2N2O3S/c1-24(22,23)20-15-5-3-2-4-14(15)19-16(21)9-7-11-6-8-12(17)10-13(11)18/h2-6,8,10,20H,7,9H2,1H3,(H,19,21). The van der Waals surface area contributed by atoms with Crippen LogP contribution in [0.4, 0.5) is 11.4 Å². The topological polar surface area (TPSA) is 75.3 Å². The Balaban J connectivity index is 2.02. The Bertz CT molecular complexity index is 854. The average molecular weight is 387 g/mol. The SMILES string of the molecule is CS(=O)(=O)Nc1ccccc1NC(=O)CCc1ccc(Cl)cc1Cl. The van der Waals surface area contributed by atoms with Crippen molar-refractivity contribution >= 4 is 50.5 Å². The van der Waals surface area contributed by atoms with Crippen LogP contribution >= 0.6 is 23.2 Å². The highest BCUT2D eigenvalue weighted by Gasteiger charge is 2.11. The van der Waals surface area contributed by atoms with E-state index in [-0.39, 0.29) is 12.3 Å². The number of sulfonamides is 1. The highest BCUT2D eigenvalue weighted by Crippen LogP contribution is 2.24. The Labute approximate surface area is 151 Å². The first-order valence-corrected chi connectivity index (χ1v) is 9.70. The monoisotopic (exact) mass is 386 g/mol. The molecule has 2 N–H and O–H groups in total. The molecule has 0 aliphatic heterocycles. The van der Waals surface area contributed by atoms with E-state index in [4.69, 9.17) is 23.2 Å². The van der Waals surface area contributed by atoms with Crippen LogP contribution in [0.3, 0.4) is 0 Å². The van der Waals surface area contributed by atoms with E-state index in [1.165, 1.54) is 0 Å². The molecule has 128 valence electrons. The molecule has 0 fully saturated rings. The van der Waals surface area contributed by atoms with Gasteiger partial charge in [-0.15, -0.1) is 0 Å². The Morgan fingerprint density at radius 2 is 1.75 bits per heavy atom. The smallest absolute Gasteiger partial charge is 0.229 e. The molecule has 2 aromatic carbocycles. The fourth-order valence-electron chi connectivity index (χ4n) is 2.07. The highest BCUT2D eigenvalue weighted by molar-refractivity contribution is 7.92. The fraction of sp³-hybridized carbons (Fsp3) is 0.188. The molecule has 0 aromatic heterocycles. The van der Waals surface area contributed by atoms with E-state index in [0.717, 1.165) is 11.8 Å². The van der Waals surface area contributed by atoms with Crippen LogP contribution in [0.1, 0.15) is 12.0 Å². The first kappa shape index (κ1) is 18.6. The van der Waals surface area contributed by atoms with Crippen LogP contribution in [-0.2, 0) is 21.2 Å². The van der Waals surface area contributed by atoms with Gasteiger partial charge in [0.2, 0.25) is 15.9 Å². The third kappa shape index (κ3) is 5.70. The minimum Gasteiger partial charge on any atom is -0.324 e. The van der Waals surface area contributed by atoms with E-state index in [2.05, 4.69) is 10.0 Å². The third-order valence-corrected chi connectivity index (χ3v) is 4.31. The lowest BCUT2D eigenvalue weighted by Crippen LogP contribution is -2.16. The molecule has 0 unspecified atom stereocenters. The molecule has 0 heterocycles. The fourth-order valence-corrected chi connectivity index (χ4v) is 3.15. The summed E-state index contributed by atoms with van der Waals surface area (Å²) in [4.78, 5) is 12.1. The van der Waals surface area contributed by atoms with Gasteiger partial charge in [-0.25, -0.2) is 8.42 Å². The van der Waals surface area contributed by atoms with Crippen molar-refractivity contribution in [3.05, 3.63) is 58.1 Å². The van der Waals surface area contributed by atoms with Gasteiger partial charge in [0.1, 0.15) is 0 Å². The van der Waals surface area contributed by atoms with Gasteiger partial charge in [-0.2, -0.15) is 0 Å². The van der Waals surface area contributed by atoms with Crippen LogP contribution in [0.15, 0.2) is 42.5 Å². The number of hydrogen-bond acceptors (Lipinski definition) is 3. The zero-order valence-electron chi connectivity index (χ0n) is 12.8. The van der Waals surface area contributed by atoms with Crippen molar-refractivity contribution in [3.63, 3.8) is 0 Å². The van der Waals surface area contributed by atoms with Crippen LogP contribution in [-0.4, -0.2) is 20.6 Å². The molecular weight excluding hydrogens is 371 g/mol. The van der Waals surface area contributed by atoms with Crippen molar-refractivity contribution in [2.45, 2.75) is 12.8 Å². The summed E-state index contributed by atoms with van der Waals surface area (Å²) in [6.07, 6.45) is 1.70. The van der Waals surface area contributed by atoms with Crippen molar-refractivity contribution in [1.29, 1.82) is 0 Å². The molecule has 1 amide bonds. The summed E-state index contributed by atoms with van der Waals surface area (Å²) < 4.78 is 25.1. The Kier molecular flexibility index (Phi) is 6.10. The van der Waals surface area contributed by atoms with Gasteiger partial charge in [0.05, 0.1) is 17.6 Å². The molecule has 0 saturated heterocycles. The summed E-state index contributed by atoms with van der Waals surface area (Å²) in [6, 6.07) is 11.7. The Morgan fingerprint density at radius 3 is 2.38 bits per heavy atom. The maximum atomic E-state index is 12.1. The number of carbonyl (C=O) groups is 1. The number of rotatable bonds is 6. The normalized spacial score (nSPS) is 11.1. The molecule has 0 saturated carbocycles. The number of aryl methyl sites for hydroxylation is 1. The number of anilines is 2. The second-order valence-electron chi connectivity index (χ2n) is 5.20. The predicted octanol–water partition coefficient (Wildman–Crippen LogP) is 3.94. The largest absolute Gasteiger partial charge is 0.324 e. The predicted molar refractivity (Wildman–Crippen MR) is 98.3 cm³/mol. The van der Waals surface area contributed by atoms with Gasteiger partial charge >= 0.3 is 0 Å². The maximum Gasteiger partial charge on any atom is 0.229 e. The molecule has 8 heteroatoms. The summed E-state index contributed by atoms with van der Waals surface area (Å²) in [5, 5.41) is 3.74. The van der Waals surface area contributed by atoms with Gasteiger partial charge in [-0.1, -0.05) is 41.4 Å².